The van der Waals surface area contributed by atoms with Crippen molar-refractivity contribution in [3.8, 4) is 0 Å². The van der Waals surface area contributed by atoms with Crippen LogP contribution in [0.2, 0.25) is 0 Å². The van der Waals surface area contributed by atoms with Gasteiger partial charge < -0.3 is 5.32 Å². The highest BCUT2D eigenvalue weighted by Gasteiger charge is 2.37. The van der Waals surface area contributed by atoms with Gasteiger partial charge in [0.15, 0.2) is 4.90 Å². The van der Waals surface area contributed by atoms with E-state index >= 15 is 0 Å². The number of rotatable bonds is 5. The zero-order valence-corrected chi connectivity index (χ0v) is 13.5. The molecule has 1 heterocycles. The van der Waals surface area contributed by atoms with Crippen molar-refractivity contribution >= 4 is 28.1 Å². The average Bonchev–Trinajstić information content (AvgIpc) is 2.87. The second-order valence-electron chi connectivity index (χ2n) is 4.92. The maximum Gasteiger partial charge on any atom is 0.324 e. The molecule has 1 aromatic rings. The van der Waals surface area contributed by atoms with Crippen molar-refractivity contribution in [2.24, 2.45) is 5.92 Å². The van der Waals surface area contributed by atoms with Gasteiger partial charge in [-0.3, -0.25) is 10.1 Å². The zero-order chi connectivity index (χ0) is 15.6. The molecule has 1 unspecified atom stereocenters. The molecule has 0 aliphatic carbocycles. The van der Waals surface area contributed by atoms with Gasteiger partial charge in [-0.05, 0) is 38.1 Å². The molecule has 0 aromatic heterocycles. The van der Waals surface area contributed by atoms with Gasteiger partial charge in [-0.25, -0.2) is 8.42 Å². The maximum absolute atomic E-state index is 13.6. The standard InChI is InChI=1S/C12H16FN3O4S.ClH/c1-14-7-9-5-6-15(8-9)21(19,20)11-4-2-3-10(13)12(11)16(17)18;/h2-4,9,14H,5-8H2,1H3;1H. The molecule has 1 aromatic carbocycles. The first-order valence-corrected chi connectivity index (χ1v) is 7.89. The molecular formula is C12H17ClFN3O4S. The first-order chi connectivity index (χ1) is 9.87. The molecule has 2 rings (SSSR count). The van der Waals surface area contributed by atoms with Gasteiger partial charge in [0.25, 0.3) is 0 Å². The molecule has 1 N–H and O–H groups in total. The molecule has 0 spiro atoms. The van der Waals surface area contributed by atoms with Crippen LogP contribution >= 0.6 is 12.4 Å². The van der Waals surface area contributed by atoms with Crippen molar-refractivity contribution in [3.63, 3.8) is 0 Å². The van der Waals surface area contributed by atoms with Crippen molar-refractivity contribution in [2.75, 3.05) is 26.7 Å². The van der Waals surface area contributed by atoms with Crippen molar-refractivity contribution in [2.45, 2.75) is 11.3 Å². The summed E-state index contributed by atoms with van der Waals surface area (Å²) in [7, 11) is -2.29. The summed E-state index contributed by atoms with van der Waals surface area (Å²) in [6.45, 7) is 1.22. The topological polar surface area (TPSA) is 92.6 Å². The van der Waals surface area contributed by atoms with Gasteiger partial charge in [-0.15, -0.1) is 12.4 Å². The summed E-state index contributed by atoms with van der Waals surface area (Å²) in [5.74, 6) is -0.996. The van der Waals surface area contributed by atoms with Gasteiger partial charge in [-0.1, -0.05) is 6.07 Å². The minimum atomic E-state index is -4.06. The molecule has 0 radical (unpaired) electrons. The minimum Gasteiger partial charge on any atom is -0.319 e. The largest absolute Gasteiger partial charge is 0.324 e. The van der Waals surface area contributed by atoms with Gasteiger partial charge >= 0.3 is 5.69 Å². The number of sulfonamides is 1. The molecule has 1 aliphatic rings. The number of hydrogen-bond donors (Lipinski definition) is 1. The van der Waals surface area contributed by atoms with Gasteiger partial charge in [0.1, 0.15) is 0 Å². The fraction of sp³-hybridized carbons (Fsp3) is 0.500. The number of nitrogens with one attached hydrogen (secondary N) is 1. The van der Waals surface area contributed by atoms with Crippen molar-refractivity contribution in [1.29, 1.82) is 0 Å². The Labute approximate surface area is 134 Å². The van der Waals surface area contributed by atoms with E-state index < -0.39 is 31.3 Å². The van der Waals surface area contributed by atoms with Crippen LogP contribution in [-0.2, 0) is 10.0 Å². The van der Waals surface area contributed by atoms with Gasteiger partial charge in [-0.2, -0.15) is 8.70 Å². The summed E-state index contributed by atoms with van der Waals surface area (Å²) < 4.78 is 39.8. The van der Waals surface area contributed by atoms with Crippen LogP contribution in [0.3, 0.4) is 0 Å². The Balaban J connectivity index is 0.00000242. The molecule has 22 heavy (non-hydrogen) atoms. The van der Waals surface area contributed by atoms with Crippen molar-refractivity contribution in [3.05, 3.63) is 34.1 Å². The second kappa shape index (κ2) is 7.32. The third-order valence-corrected chi connectivity index (χ3v) is 5.39. The number of nitro benzene ring substituents is 1. The lowest BCUT2D eigenvalue weighted by Crippen LogP contribution is -2.31. The van der Waals surface area contributed by atoms with E-state index in [1.165, 1.54) is 4.31 Å². The number of para-hydroxylation sites is 1. The lowest BCUT2D eigenvalue weighted by molar-refractivity contribution is -0.390. The molecule has 0 bridgehead atoms. The maximum atomic E-state index is 13.6. The van der Waals surface area contributed by atoms with Gasteiger partial charge in [0.05, 0.1) is 4.92 Å². The van der Waals surface area contributed by atoms with Crippen LogP contribution in [0, 0.1) is 21.8 Å². The third-order valence-electron chi connectivity index (χ3n) is 3.49. The summed E-state index contributed by atoms with van der Waals surface area (Å²) in [5.41, 5.74) is -0.991. The molecule has 1 atom stereocenters. The molecule has 1 saturated heterocycles. The summed E-state index contributed by atoms with van der Waals surface area (Å²) in [5, 5.41) is 13.9. The molecular weight excluding hydrogens is 337 g/mol. The normalized spacial score (nSPS) is 18.9. The van der Waals surface area contributed by atoms with Crippen LogP contribution in [0.5, 0.6) is 0 Å². The van der Waals surface area contributed by atoms with Crippen LogP contribution in [0.4, 0.5) is 10.1 Å². The fourth-order valence-electron chi connectivity index (χ4n) is 2.49. The first kappa shape index (κ1) is 18.8. The summed E-state index contributed by atoms with van der Waals surface area (Å²) >= 11 is 0. The van der Waals surface area contributed by atoms with Crippen LogP contribution in [-0.4, -0.2) is 44.3 Å². The number of nitrogens with zero attached hydrogens (tertiary/aromatic N) is 2. The molecule has 1 fully saturated rings. The van der Waals surface area contributed by atoms with E-state index in [0.717, 1.165) is 18.2 Å². The predicted molar refractivity (Wildman–Crippen MR) is 81.1 cm³/mol. The van der Waals surface area contributed by atoms with E-state index in [0.29, 0.717) is 13.0 Å². The summed E-state index contributed by atoms with van der Waals surface area (Å²) in [4.78, 5) is 9.36. The number of nitro groups is 1. The van der Waals surface area contributed by atoms with Crippen LogP contribution in [0.15, 0.2) is 23.1 Å². The SMILES string of the molecule is CNCC1CCN(S(=O)(=O)c2cccc(F)c2[N+](=O)[O-])C1.Cl. The molecule has 0 amide bonds. The van der Waals surface area contributed by atoms with E-state index in [9.17, 15) is 22.9 Å². The summed E-state index contributed by atoms with van der Waals surface area (Å²) in [6.07, 6.45) is 0.670. The van der Waals surface area contributed by atoms with E-state index in [4.69, 9.17) is 0 Å². The monoisotopic (exact) mass is 353 g/mol. The zero-order valence-electron chi connectivity index (χ0n) is 11.9. The van der Waals surface area contributed by atoms with Gasteiger partial charge in [0.2, 0.25) is 15.8 Å². The lowest BCUT2D eigenvalue weighted by atomic mass is 10.1. The Bertz CT molecular complexity index is 656. The molecule has 7 nitrogen and oxygen atoms in total. The van der Waals surface area contributed by atoms with Crippen LogP contribution < -0.4 is 5.32 Å². The highest BCUT2D eigenvalue weighted by Crippen LogP contribution is 2.31. The number of halogens is 2. The highest BCUT2D eigenvalue weighted by molar-refractivity contribution is 7.89. The van der Waals surface area contributed by atoms with Gasteiger partial charge in [0, 0.05) is 13.1 Å². The minimum absolute atomic E-state index is 0. The molecule has 124 valence electrons. The Hall–Kier alpha value is -1.29. The molecule has 10 heteroatoms. The number of hydrogen-bond acceptors (Lipinski definition) is 5. The Morgan fingerprint density at radius 1 is 1.50 bits per heavy atom. The predicted octanol–water partition coefficient (Wildman–Crippen LogP) is 1.39. The lowest BCUT2D eigenvalue weighted by Gasteiger charge is -2.16. The highest BCUT2D eigenvalue weighted by atomic mass is 35.5. The van der Waals surface area contributed by atoms with E-state index in [2.05, 4.69) is 5.32 Å². The van der Waals surface area contributed by atoms with Crippen molar-refractivity contribution in [1.82, 2.24) is 9.62 Å². The Kier molecular flexibility index (Phi) is 6.24. The number of benzene rings is 1. The first-order valence-electron chi connectivity index (χ1n) is 6.45. The molecule has 1 aliphatic heterocycles. The summed E-state index contributed by atoms with van der Waals surface area (Å²) in [6, 6.07) is 3.11. The van der Waals surface area contributed by atoms with Crippen LogP contribution in [0.25, 0.3) is 0 Å². The smallest absolute Gasteiger partial charge is 0.319 e. The van der Waals surface area contributed by atoms with E-state index in [1.807, 2.05) is 0 Å². The quantitative estimate of drug-likeness (QED) is 0.637. The Morgan fingerprint density at radius 2 is 2.18 bits per heavy atom. The fourth-order valence-corrected chi connectivity index (χ4v) is 4.19. The Morgan fingerprint density at radius 3 is 2.77 bits per heavy atom. The average molecular weight is 354 g/mol. The molecule has 0 saturated carbocycles. The second-order valence-corrected chi connectivity index (χ2v) is 6.83. The van der Waals surface area contributed by atoms with E-state index in [1.54, 1.807) is 7.05 Å². The van der Waals surface area contributed by atoms with Crippen molar-refractivity contribution < 1.29 is 17.7 Å². The van der Waals surface area contributed by atoms with E-state index in [-0.39, 0.29) is 31.4 Å². The van der Waals surface area contributed by atoms with Crippen LogP contribution in [0.1, 0.15) is 6.42 Å². The third kappa shape index (κ3) is 3.54.